The van der Waals surface area contributed by atoms with Crippen LogP contribution in [0.15, 0.2) is 30.5 Å². The standard InChI is InChI=1S/C20H21ClF3N3O2/c1-12-9-16(17(29-2)10-15(12)21)26-19(28)13-5-7-27(8-6-13)18-4-3-14(11-25-18)20(22,23)24/h3-4,9-11,13H,5-8H2,1-2H3,(H,26,28). The highest BCUT2D eigenvalue weighted by molar-refractivity contribution is 6.31. The van der Waals surface area contributed by atoms with Gasteiger partial charge in [-0.25, -0.2) is 4.98 Å². The molecule has 2 heterocycles. The first-order valence-electron chi connectivity index (χ1n) is 9.12. The van der Waals surface area contributed by atoms with Crippen LogP contribution in [-0.2, 0) is 11.0 Å². The minimum absolute atomic E-state index is 0.120. The summed E-state index contributed by atoms with van der Waals surface area (Å²) in [6.07, 6.45) is -2.42. The molecule has 3 rings (SSSR count). The summed E-state index contributed by atoms with van der Waals surface area (Å²) in [4.78, 5) is 18.5. The van der Waals surface area contributed by atoms with Gasteiger partial charge in [-0.2, -0.15) is 13.2 Å². The Bertz CT molecular complexity index is 880. The van der Waals surface area contributed by atoms with Gasteiger partial charge in [0.2, 0.25) is 5.91 Å². The number of alkyl halides is 3. The number of amides is 1. The first-order valence-corrected chi connectivity index (χ1v) is 9.50. The SMILES string of the molecule is COc1cc(Cl)c(C)cc1NC(=O)C1CCN(c2ccc(C(F)(F)F)cn2)CC1. The number of aromatic nitrogens is 1. The summed E-state index contributed by atoms with van der Waals surface area (Å²) in [6, 6.07) is 5.81. The molecule has 0 spiro atoms. The van der Waals surface area contributed by atoms with Crippen molar-refractivity contribution in [3.8, 4) is 5.75 Å². The van der Waals surface area contributed by atoms with Gasteiger partial charge in [0.05, 0.1) is 18.4 Å². The lowest BCUT2D eigenvalue weighted by Crippen LogP contribution is -2.38. The van der Waals surface area contributed by atoms with Crippen molar-refractivity contribution >= 4 is 29.0 Å². The Morgan fingerprint density at radius 1 is 1.28 bits per heavy atom. The van der Waals surface area contributed by atoms with Gasteiger partial charge in [0, 0.05) is 36.3 Å². The average molecular weight is 428 g/mol. The first-order chi connectivity index (χ1) is 13.7. The topological polar surface area (TPSA) is 54.5 Å². The van der Waals surface area contributed by atoms with E-state index in [4.69, 9.17) is 16.3 Å². The summed E-state index contributed by atoms with van der Waals surface area (Å²) in [7, 11) is 1.51. The molecule has 1 amide bonds. The van der Waals surface area contributed by atoms with Crippen LogP contribution in [0.5, 0.6) is 5.75 Å². The Morgan fingerprint density at radius 2 is 1.97 bits per heavy atom. The maximum Gasteiger partial charge on any atom is 0.417 e. The predicted molar refractivity (Wildman–Crippen MR) is 106 cm³/mol. The fourth-order valence-electron chi connectivity index (χ4n) is 3.28. The molecule has 9 heteroatoms. The monoisotopic (exact) mass is 427 g/mol. The molecule has 0 radical (unpaired) electrons. The van der Waals surface area contributed by atoms with Crippen molar-refractivity contribution in [2.45, 2.75) is 25.9 Å². The van der Waals surface area contributed by atoms with Crippen LogP contribution < -0.4 is 15.0 Å². The highest BCUT2D eigenvalue weighted by Gasteiger charge is 2.31. The van der Waals surface area contributed by atoms with Crippen LogP contribution in [0.3, 0.4) is 0 Å². The molecule has 1 aliphatic heterocycles. The molecule has 0 bridgehead atoms. The lowest BCUT2D eigenvalue weighted by molar-refractivity contribution is -0.137. The second kappa shape index (κ2) is 8.49. The molecule has 1 saturated heterocycles. The number of methoxy groups -OCH3 is 1. The van der Waals surface area contributed by atoms with Gasteiger partial charge < -0.3 is 15.0 Å². The number of aryl methyl sites for hydroxylation is 1. The predicted octanol–water partition coefficient (Wildman–Crippen LogP) is 4.93. The molecular weight excluding hydrogens is 407 g/mol. The van der Waals surface area contributed by atoms with Gasteiger partial charge in [-0.3, -0.25) is 4.79 Å². The van der Waals surface area contributed by atoms with Crippen LogP contribution in [0.25, 0.3) is 0 Å². The van der Waals surface area contributed by atoms with Crippen LogP contribution in [0.1, 0.15) is 24.0 Å². The summed E-state index contributed by atoms with van der Waals surface area (Å²) in [6.45, 7) is 2.91. The Labute approximate surface area is 171 Å². The molecule has 2 aromatic rings. The van der Waals surface area contributed by atoms with Crippen molar-refractivity contribution in [3.05, 3.63) is 46.6 Å². The van der Waals surface area contributed by atoms with Crippen molar-refractivity contribution in [2.24, 2.45) is 5.92 Å². The molecule has 0 unspecified atom stereocenters. The Hall–Kier alpha value is -2.48. The number of benzene rings is 1. The molecule has 5 nitrogen and oxygen atoms in total. The summed E-state index contributed by atoms with van der Waals surface area (Å²) >= 11 is 6.09. The molecule has 1 aliphatic rings. The second-order valence-electron chi connectivity index (χ2n) is 6.96. The van der Waals surface area contributed by atoms with Crippen molar-refractivity contribution in [3.63, 3.8) is 0 Å². The lowest BCUT2D eigenvalue weighted by Gasteiger charge is -2.32. The third-order valence-electron chi connectivity index (χ3n) is 5.00. The van der Waals surface area contributed by atoms with E-state index in [0.717, 1.165) is 17.8 Å². The zero-order chi connectivity index (χ0) is 21.2. The second-order valence-corrected chi connectivity index (χ2v) is 7.36. The van der Waals surface area contributed by atoms with Gasteiger partial charge in [-0.1, -0.05) is 11.6 Å². The van der Waals surface area contributed by atoms with Gasteiger partial charge in [-0.05, 0) is 43.5 Å². The quantitative estimate of drug-likeness (QED) is 0.752. The van der Waals surface area contributed by atoms with E-state index < -0.39 is 11.7 Å². The fraction of sp³-hybridized carbons (Fsp3) is 0.400. The summed E-state index contributed by atoms with van der Waals surface area (Å²) in [5, 5.41) is 3.45. The lowest BCUT2D eigenvalue weighted by atomic mass is 9.95. The molecule has 1 aromatic heterocycles. The first kappa shape index (κ1) is 21.2. The number of carbonyl (C=O) groups excluding carboxylic acids is 1. The van der Waals surface area contributed by atoms with Gasteiger partial charge in [0.1, 0.15) is 11.6 Å². The van der Waals surface area contributed by atoms with Crippen LogP contribution in [0.2, 0.25) is 5.02 Å². The van der Waals surface area contributed by atoms with Crippen LogP contribution >= 0.6 is 11.6 Å². The maximum atomic E-state index is 12.7. The third kappa shape index (κ3) is 4.93. The summed E-state index contributed by atoms with van der Waals surface area (Å²) < 4.78 is 43.3. The number of pyridine rings is 1. The zero-order valence-corrected chi connectivity index (χ0v) is 16.8. The van der Waals surface area contributed by atoms with Crippen molar-refractivity contribution < 1.29 is 22.7 Å². The maximum absolute atomic E-state index is 12.7. The molecule has 1 aromatic carbocycles. The Balaban J connectivity index is 1.61. The molecule has 0 saturated carbocycles. The number of nitrogens with one attached hydrogen (secondary N) is 1. The van der Waals surface area contributed by atoms with Crippen LogP contribution in [-0.4, -0.2) is 31.1 Å². The van der Waals surface area contributed by atoms with E-state index in [1.165, 1.54) is 13.2 Å². The Morgan fingerprint density at radius 3 is 2.52 bits per heavy atom. The Kier molecular flexibility index (Phi) is 6.21. The van der Waals surface area contributed by atoms with E-state index in [2.05, 4.69) is 10.3 Å². The molecule has 29 heavy (non-hydrogen) atoms. The van der Waals surface area contributed by atoms with Crippen molar-refractivity contribution in [2.75, 3.05) is 30.4 Å². The van der Waals surface area contributed by atoms with Crippen molar-refractivity contribution in [1.29, 1.82) is 0 Å². The minimum atomic E-state index is -4.41. The number of carbonyl (C=O) groups is 1. The molecule has 1 N–H and O–H groups in total. The summed E-state index contributed by atoms with van der Waals surface area (Å²) in [5.74, 6) is 0.638. The largest absolute Gasteiger partial charge is 0.495 e. The van der Waals surface area contributed by atoms with E-state index in [1.54, 1.807) is 12.1 Å². The smallest absolute Gasteiger partial charge is 0.417 e. The van der Waals surface area contributed by atoms with Gasteiger partial charge in [0.15, 0.2) is 0 Å². The van der Waals surface area contributed by atoms with E-state index in [9.17, 15) is 18.0 Å². The highest BCUT2D eigenvalue weighted by atomic mass is 35.5. The number of hydrogen-bond donors (Lipinski definition) is 1. The van der Waals surface area contributed by atoms with E-state index in [0.29, 0.717) is 48.2 Å². The van der Waals surface area contributed by atoms with Gasteiger partial charge in [-0.15, -0.1) is 0 Å². The van der Waals surface area contributed by atoms with Crippen molar-refractivity contribution in [1.82, 2.24) is 4.98 Å². The number of nitrogens with zero attached hydrogens (tertiary/aromatic N) is 2. The highest BCUT2D eigenvalue weighted by Crippen LogP contribution is 2.33. The van der Waals surface area contributed by atoms with E-state index in [1.807, 2.05) is 11.8 Å². The minimum Gasteiger partial charge on any atom is -0.495 e. The van der Waals surface area contributed by atoms with Crippen LogP contribution in [0, 0.1) is 12.8 Å². The van der Waals surface area contributed by atoms with Crippen LogP contribution in [0.4, 0.5) is 24.7 Å². The summed E-state index contributed by atoms with van der Waals surface area (Å²) in [5.41, 5.74) is 0.611. The number of anilines is 2. The number of rotatable bonds is 4. The number of piperidine rings is 1. The number of hydrogen-bond acceptors (Lipinski definition) is 4. The fourth-order valence-corrected chi connectivity index (χ4v) is 3.43. The van der Waals surface area contributed by atoms with E-state index >= 15 is 0 Å². The molecule has 0 aliphatic carbocycles. The average Bonchev–Trinajstić information content (AvgIpc) is 2.70. The third-order valence-corrected chi connectivity index (χ3v) is 5.41. The molecule has 0 atom stereocenters. The number of ether oxygens (including phenoxy) is 1. The molecular formula is C20H21ClF3N3O2. The zero-order valence-electron chi connectivity index (χ0n) is 16.0. The van der Waals surface area contributed by atoms with Gasteiger partial charge >= 0.3 is 6.18 Å². The van der Waals surface area contributed by atoms with E-state index in [-0.39, 0.29) is 11.8 Å². The number of halogens is 4. The van der Waals surface area contributed by atoms with Gasteiger partial charge in [0.25, 0.3) is 0 Å². The molecule has 1 fully saturated rings. The molecule has 156 valence electrons. The normalized spacial score (nSPS) is 15.3.